The van der Waals surface area contributed by atoms with Crippen LogP contribution in [-0.2, 0) is 4.74 Å². The fourth-order valence-electron chi connectivity index (χ4n) is 1.56. The molecule has 0 aromatic heterocycles. The molecule has 1 atom stereocenters. The van der Waals surface area contributed by atoms with E-state index >= 15 is 0 Å². The van der Waals surface area contributed by atoms with Gasteiger partial charge in [-0.15, -0.1) is 0 Å². The minimum absolute atomic E-state index is 0.399. The van der Waals surface area contributed by atoms with Crippen molar-refractivity contribution in [1.29, 1.82) is 0 Å². The van der Waals surface area contributed by atoms with E-state index in [0.29, 0.717) is 6.10 Å². The van der Waals surface area contributed by atoms with Crippen LogP contribution in [0, 0.1) is 0 Å². The van der Waals surface area contributed by atoms with Crippen molar-refractivity contribution in [3.63, 3.8) is 0 Å². The van der Waals surface area contributed by atoms with Crippen LogP contribution in [0.3, 0.4) is 0 Å². The van der Waals surface area contributed by atoms with Gasteiger partial charge in [0.25, 0.3) is 0 Å². The Balaban J connectivity index is 2.00. The Kier molecular flexibility index (Phi) is 5.35. The molecule has 1 N–H and O–H groups in total. The summed E-state index contributed by atoms with van der Waals surface area (Å²) in [7, 11) is 2.15. The molecule has 1 fully saturated rings. The summed E-state index contributed by atoms with van der Waals surface area (Å²) in [5, 5.41) is 3.42. The molecule has 0 aromatic rings. The van der Waals surface area contributed by atoms with Crippen LogP contribution in [0.15, 0.2) is 0 Å². The Labute approximate surface area is 81.4 Å². The molecule has 0 unspecified atom stereocenters. The Morgan fingerprint density at radius 3 is 3.08 bits per heavy atom. The first kappa shape index (κ1) is 11.0. The molecule has 0 saturated carbocycles. The predicted molar refractivity (Wildman–Crippen MR) is 55.0 cm³/mol. The number of ether oxygens (including phenoxy) is 1. The van der Waals surface area contributed by atoms with Crippen molar-refractivity contribution in [2.75, 3.05) is 39.8 Å². The molecule has 1 aliphatic rings. The molecule has 1 aliphatic heterocycles. The van der Waals surface area contributed by atoms with E-state index in [9.17, 15) is 0 Å². The Morgan fingerprint density at radius 1 is 1.54 bits per heavy atom. The topological polar surface area (TPSA) is 24.5 Å². The van der Waals surface area contributed by atoms with Gasteiger partial charge in [-0.1, -0.05) is 13.3 Å². The van der Waals surface area contributed by atoms with Crippen LogP contribution in [0.2, 0.25) is 0 Å². The Morgan fingerprint density at radius 2 is 2.38 bits per heavy atom. The van der Waals surface area contributed by atoms with Crippen molar-refractivity contribution in [2.45, 2.75) is 25.9 Å². The lowest BCUT2D eigenvalue weighted by Gasteiger charge is -2.30. The lowest BCUT2D eigenvalue weighted by molar-refractivity contribution is -0.0180. The lowest BCUT2D eigenvalue weighted by Crippen LogP contribution is -2.44. The van der Waals surface area contributed by atoms with Crippen molar-refractivity contribution in [2.24, 2.45) is 0 Å². The summed E-state index contributed by atoms with van der Waals surface area (Å²) < 4.78 is 5.62. The highest BCUT2D eigenvalue weighted by Crippen LogP contribution is 2.01. The highest BCUT2D eigenvalue weighted by molar-refractivity contribution is 4.70. The first-order valence-electron chi connectivity index (χ1n) is 5.33. The maximum absolute atomic E-state index is 5.62. The number of likely N-dealkylation sites (N-methyl/N-ethyl adjacent to an activating group) is 1. The van der Waals surface area contributed by atoms with Crippen LogP contribution in [-0.4, -0.2) is 50.8 Å². The van der Waals surface area contributed by atoms with Gasteiger partial charge in [0.05, 0.1) is 12.7 Å². The third-order valence-corrected chi connectivity index (χ3v) is 2.42. The average Bonchev–Trinajstić information content (AvgIpc) is 2.13. The largest absolute Gasteiger partial charge is 0.374 e. The van der Waals surface area contributed by atoms with Crippen LogP contribution < -0.4 is 5.32 Å². The number of hydrogen-bond acceptors (Lipinski definition) is 3. The zero-order valence-electron chi connectivity index (χ0n) is 8.88. The minimum atomic E-state index is 0.399. The van der Waals surface area contributed by atoms with E-state index in [1.54, 1.807) is 0 Å². The molecule has 78 valence electrons. The molecule has 1 saturated heterocycles. The van der Waals surface area contributed by atoms with Crippen LogP contribution in [0.5, 0.6) is 0 Å². The van der Waals surface area contributed by atoms with Crippen LogP contribution >= 0.6 is 0 Å². The van der Waals surface area contributed by atoms with Gasteiger partial charge in [0.2, 0.25) is 0 Å². The predicted octanol–water partition coefficient (Wildman–Crippen LogP) is 0.707. The maximum Gasteiger partial charge on any atom is 0.0826 e. The number of nitrogens with zero attached hydrogens (tertiary/aromatic N) is 1. The van der Waals surface area contributed by atoms with Gasteiger partial charge in [-0.05, 0) is 20.0 Å². The van der Waals surface area contributed by atoms with Crippen LogP contribution in [0.4, 0.5) is 0 Å². The number of nitrogens with one attached hydrogen (secondary N) is 1. The molecule has 0 bridgehead atoms. The van der Waals surface area contributed by atoms with Gasteiger partial charge < -0.3 is 15.0 Å². The van der Waals surface area contributed by atoms with Crippen molar-refractivity contribution in [3.05, 3.63) is 0 Å². The molecule has 1 rings (SSSR count). The summed E-state index contributed by atoms with van der Waals surface area (Å²) in [4.78, 5) is 2.33. The second-order valence-corrected chi connectivity index (χ2v) is 3.81. The summed E-state index contributed by atoms with van der Waals surface area (Å²) in [6, 6.07) is 0. The first-order valence-corrected chi connectivity index (χ1v) is 5.33. The zero-order chi connectivity index (χ0) is 9.52. The standard InChI is InChI=1S/C10H22N2O/c1-3-4-5-11-8-10-9-12(2)6-7-13-10/h10-11H,3-9H2,1-2H3/t10-/m0/s1. The molecule has 3 heteroatoms. The highest BCUT2D eigenvalue weighted by Gasteiger charge is 2.16. The molecule has 3 nitrogen and oxygen atoms in total. The van der Waals surface area contributed by atoms with E-state index in [2.05, 4.69) is 24.2 Å². The quantitative estimate of drug-likeness (QED) is 0.640. The Bertz CT molecular complexity index is 130. The van der Waals surface area contributed by atoms with E-state index in [1.165, 1.54) is 12.8 Å². The van der Waals surface area contributed by atoms with Gasteiger partial charge in [-0.25, -0.2) is 0 Å². The summed E-state index contributed by atoms with van der Waals surface area (Å²) in [5.74, 6) is 0. The van der Waals surface area contributed by atoms with E-state index in [-0.39, 0.29) is 0 Å². The van der Waals surface area contributed by atoms with Crippen molar-refractivity contribution < 1.29 is 4.74 Å². The molecule has 0 aliphatic carbocycles. The SMILES string of the molecule is CCCCNC[C@H]1CN(C)CCO1. The summed E-state index contributed by atoms with van der Waals surface area (Å²) in [6.07, 6.45) is 2.93. The van der Waals surface area contributed by atoms with Crippen molar-refractivity contribution in [1.82, 2.24) is 10.2 Å². The number of hydrogen-bond donors (Lipinski definition) is 1. The van der Waals surface area contributed by atoms with Gasteiger partial charge in [0.1, 0.15) is 0 Å². The van der Waals surface area contributed by atoms with E-state index in [1.807, 2.05) is 0 Å². The van der Waals surface area contributed by atoms with Gasteiger partial charge in [0.15, 0.2) is 0 Å². The third kappa shape index (κ3) is 4.60. The second kappa shape index (κ2) is 6.35. The van der Waals surface area contributed by atoms with Crippen molar-refractivity contribution in [3.8, 4) is 0 Å². The third-order valence-electron chi connectivity index (χ3n) is 2.42. The van der Waals surface area contributed by atoms with Gasteiger partial charge in [-0.2, -0.15) is 0 Å². The average molecular weight is 186 g/mol. The number of morpholine rings is 1. The molecular weight excluding hydrogens is 164 g/mol. The Hall–Kier alpha value is -0.120. The van der Waals surface area contributed by atoms with E-state index in [0.717, 1.165) is 32.8 Å². The highest BCUT2D eigenvalue weighted by atomic mass is 16.5. The normalized spacial score (nSPS) is 24.9. The molecule has 13 heavy (non-hydrogen) atoms. The first-order chi connectivity index (χ1) is 6.33. The van der Waals surface area contributed by atoms with Crippen LogP contribution in [0.25, 0.3) is 0 Å². The van der Waals surface area contributed by atoms with Gasteiger partial charge >= 0.3 is 0 Å². The molecular formula is C10H22N2O. The molecule has 0 spiro atoms. The van der Waals surface area contributed by atoms with E-state index in [4.69, 9.17) is 4.74 Å². The zero-order valence-corrected chi connectivity index (χ0v) is 8.88. The molecule has 0 amide bonds. The summed E-state index contributed by atoms with van der Waals surface area (Å²) in [6.45, 7) is 7.37. The van der Waals surface area contributed by atoms with Crippen molar-refractivity contribution >= 4 is 0 Å². The summed E-state index contributed by atoms with van der Waals surface area (Å²) in [5.41, 5.74) is 0. The fourth-order valence-corrected chi connectivity index (χ4v) is 1.56. The number of rotatable bonds is 5. The maximum atomic E-state index is 5.62. The molecule has 0 aromatic carbocycles. The number of unbranched alkanes of at least 4 members (excludes halogenated alkanes) is 1. The summed E-state index contributed by atoms with van der Waals surface area (Å²) >= 11 is 0. The lowest BCUT2D eigenvalue weighted by atomic mass is 10.2. The molecule has 1 heterocycles. The fraction of sp³-hybridized carbons (Fsp3) is 1.00. The second-order valence-electron chi connectivity index (χ2n) is 3.81. The van der Waals surface area contributed by atoms with Gasteiger partial charge in [0, 0.05) is 19.6 Å². The van der Waals surface area contributed by atoms with Crippen LogP contribution in [0.1, 0.15) is 19.8 Å². The monoisotopic (exact) mass is 186 g/mol. The van der Waals surface area contributed by atoms with Gasteiger partial charge in [-0.3, -0.25) is 0 Å². The minimum Gasteiger partial charge on any atom is -0.374 e. The molecule has 0 radical (unpaired) electrons. The smallest absolute Gasteiger partial charge is 0.0826 e. The van der Waals surface area contributed by atoms with E-state index < -0.39 is 0 Å².